The number of methoxy groups -OCH3 is 1. The minimum absolute atomic E-state index is 0.0855. The van der Waals surface area contributed by atoms with Crippen molar-refractivity contribution in [3.63, 3.8) is 0 Å². The summed E-state index contributed by atoms with van der Waals surface area (Å²) in [6.07, 6.45) is 3.78. The molecule has 1 saturated carbocycles. The molecule has 2 atom stereocenters. The Morgan fingerprint density at radius 1 is 1.57 bits per heavy atom. The molecule has 1 aliphatic rings. The van der Waals surface area contributed by atoms with E-state index in [1.165, 1.54) is 19.3 Å². The summed E-state index contributed by atoms with van der Waals surface area (Å²) in [4.78, 5) is 0. The molecule has 14 heavy (non-hydrogen) atoms. The molecular formula is C11H23NO2. The number of aliphatic hydroxyl groups is 1. The number of hydrogen-bond donors (Lipinski definition) is 2. The molecule has 2 N–H and O–H groups in total. The monoisotopic (exact) mass is 201 g/mol. The first-order valence-corrected chi connectivity index (χ1v) is 5.46. The summed E-state index contributed by atoms with van der Waals surface area (Å²) < 4.78 is 5.05. The van der Waals surface area contributed by atoms with Gasteiger partial charge in [0.1, 0.15) is 0 Å². The molecule has 0 amide bonds. The van der Waals surface area contributed by atoms with E-state index in [9.17, 15) is 0 Å². The van der Waals surface area contributed by atoms with Crippen LogP contribution >= 0.6 is 0 Å². The lowest BCUT2D eigenvalue weighted by atomic mass is 9.87. The van der Waals surface area contributed by atoms with Crippen LogP contribution in [0.4, 0.5) is 0 Å². The number of nitrogens with one attached hydrogen (secondary N) is 1. The average molecular weight is 201 g/mol. The summed E-state index contributed by atoms with van der Waals surface area (Å²) in [5.74, 6) is 0. The molecule has 0 aromatic heterocycles. The Balaban J connectivity index is 2.41. The quantitative estimate of drug-likeness (QED) is 0.701. The van der Waals surface area contributed by atoms with E-state index in [-0.39, 0.29) is 12.6 Å². The van der Waals surface area contributed by atoms with Crippen molar-refractivity contribution in [2.75, 3.05) is 20.3 Å². The molecule has 0 bridgehead atoms. The molecule has 0 spiro atoms. The summed E-state index contributed by atoms with van der Waals surface area (Å²) in [6.45, 7) is 5.32. The molecule has 84 valence electrons. The van der Waals surface area contributed by atoms with Crippen LogP contribution < -0.4 is 5.32 Å². The summed E-state index contributed by atoms with van der Waals surface area (Å²) in [7, 11) is 1.67. The maximum atomic E-state index is 9.15. The summed E-state index contributed by atoms with van der Waals surface area (Å²) in [5, 5.41) is 12.6. The van der Waals surface area contributed by atoms with Gasteiger partial charge in [0.2, 0.25) is 0 Å². The van der Waals surface area contributed by atoms with Crippen LogP contribution in [0.3, 0.4) is 0 Å². The van der Waals surface area contributed by atoms with Crippen molar-refractivity contribution >= 4 is 0 Å². The standard InChI is InChI=1S/C11H23NO2/c1-11(2)6-4-5-10(11)12-9(7-13)8-14-3/h9-10,12-13H,4-8H2,1-3H3. The van der Waals surface area contributed by atoms with Crippen molar-refractivity contribution in [3.05, 3.63) is 0 Å². The van der Waals surface area contributed by atoms with E-state index in [0.717, 1.165) is 0 Å². The van der Waals surface area contributed by atoms with E-state index >= 15 is 0 Å². The molecule has 0 heterocycles. The molecule has 3 heteroatoms. The normalized spacial score (nSPS) is 27.9. The number of hydrogen-bond acceptors (Lipinski definition) is 3. The predicted octanol–water partition coefficient (Wildman–Crippen LogP) is 1.16. The van der Waals surface area contributed by atoms with Gasteiger partial charge in [-0.05, 0) is 18.3 Å². The Hall–Kier alpha value is -0.120. The maximum absolute atomic E-state index is 9.15. The van der Waals surface area contributed by atoms with Crippen LogP contribution in [0, 0.1) is 5.41 Å². The van der Waals surface area contributed by atoms with Crippen LogP contribution in [-0.2, 0) is 4.74 Å². The molecule has 1 aliphatic carbocycles. The Labute approximate surface area is 86.8 Å². The van der Waals surface area contributed by atoms with Gasteiger partial charge in [0.15, 0.2) is 0 Å². The Morgan fingerprint density at radius 3 is 2.71 bits per heavy atom. The van der Waals surface area contributed by atoms with Crippen LogP contribution in [0.2, 0.25) is 0 Å². The van der Waals surface area contributed by atoms with Crippen LogP contribution in [0.1, 0.15) is 33.1 Å². The van der Waals surface area contributed by atoms with Crippen molar-refractivity contribution in [3.8, 4) is 0 Å². The molecule has 0 aromatic rings. The molecule has 0 aliphatic heterocycles. The molecule has 0 aromatic carbocycles. The van der Waals surface area contributed by atoms with Crippen molar-refractivity contribution in [1.82, 2.24) is 5.32 Å². The lowest BCUT2D eigenvalue weighted by Crippen LogP contribution is -2.47. The first-order valence-electron chi connectivity index (χ1n) is 5.46. The van der Waals surface area contributed by atoms with Gasteiger partial charge < -0.3 is 15.2 Å². The van der Waals surface area contributed by atoms with Gasteiger partial charge in [0.25, 0.3) is 0 Å². The highest BCUT2D eigenvalue weighted by molar-refractivity contribution is 4.91. The van der Waals surface area contributed by atoms with Gasteiger partial charge in [0.05, 0.1) is 19.3 Å². The smallest absolute Gasteiger partial charge is 0.0638 e. The highest BCUT2D eigenvalue weighted by atomic mass is 16.5. The second-order valence-electron chi connectivity index (χ2n) is 4.93. The summed E-state index contributed by atoms with van der Waals surface area (Å²) >= 11 is 0. The zero-order chi connectivity index (χ0) is 10.6. The van der Waals surface area contributed by atoms with E-state index in [1.54, 1.807) is 7.11 Å². The minimum Gasteiger partial charge on any atom is -0.395 e. The fourth-order valence-corrected chi connectivity index (χ4v) is 2.27. The third-order valence-electron chi connectivity index (χ3n) is 3.28. The second kappa shape index (κ2) is 5.10. The van der Waals surface area contributed by atoms with Crippen LogP contribution in [0.15, 0.2) is 0 Å². The number of rotatable bonds is 5. The Bertz CT molecular complexity index is 171. The van der Waals surface area contributed by atoms with Gasteiger partial charge in [-0.25, -0.2) is 0 Å². The molecule has 2 unspecified atom stereocenters. The van der Waals surface area contributed by atoms with Crippen LogP contribution in [0.25, 0.3) is 0 Å². The average Bonchev–Trinajstić information content (AvgIpc) is 2.45. The maximum Gasteiger partial charge on any atom is 0.0638 e. The molecule has 1 rings (SSSR count). The van der Waals surface area contributed by atoms with E-state index in [4.69, 9.17) is 9.84 Å². The molecule has 0 radical (unpaired) electrons. The van der Waals surface area contributed by atoms with E-state index in [0.29, 0.717) is 18.1 Å². The summed E-state index contributed by atoms with van der Waals surface area (Å²) in [6, 6.07) is 0.608. The Morgan fingerprint density at radius 2 is 2.29 bits per heavy atom. The minimum atomic E-state index is 0.0855. The molecule has 3 nitrogen and oxygen atoms in total. The van der Waals surface area contributed by atoms with Crippen LogP contribution in [-0.4, -0.2) is 37.5 Å². The van der Waals surface area contributed by atoms with Crippen molar-refractivity contribution in [2.24, 2.45) is 5.41 Å². The van der Waals surface area contributed by atoms with Crippen molar-refractivity contribution in [2.45, 2.75) is 45.2 Å². The van der Waals surface area contributed by atoms with Gasteiger partial charge >= 0.3 is 0 Å². The van der Waals surface area contributed by atoms with E-state index in [1.807, 2.05) is 0 Å². The lowest BCUT2D eigenvalue weighted by molar-refractivity contribution is 0.111. The molecular weight excluding hydrogens is 178 g/mol. The Kier molecular flexibility index (Phi) is 4.35. The topological polar surface area (TPSA) is 41.5 Å². The fourth-order valence-electron chi connectivity index (χ4n) is 2.27. The second-order valence-corrected chi connectivity index (χ2v) is 4.93. The zero-order valence-corrected chi connectivity index (χ0v) is 9.55. The van der Waals surface area contributed by atoms with Crippen molar-refractivity contribution in [1.29, 1.82) is 0 Å². The third-order valence-corrected chi connectivity index (χ3v) is 3.28. The number of ether oxygens (including phenoxy) is 1. The molecule has 1 fully saturated rings. The van der Waals surface area contributed by atoms with Gasteiger partial charge in [-0.3, -0.25) is 0 Å². The van der Waals surface area contributed by atoms with Gasteiger partial charge in [0, 0.05) is 13.2 Å². The van der Waals surface area contributed by atoms with E-state index < -0.39 is 0 Å². The van der Waals surface area contributed by atoms with Crippen LogP contribution in [0.5, 0.6) is 0 Å². The number of aliphatic hydroxyl groups excluding tert-OH is 1. The first kappa shape index (κ1) is 12.0. The first-order chi connectivity index (χ1) is 6.60. The van der Waals surface area contributed by atoms with Gasteiger partial charge in [-0.2, -0.15) is 0 Å². The fraction of sp³-hybridized carbons (Fsp3) is 1.00. The molecule has 0 saturated heterocycles. The zero-order valence-electron chi connectivity index (χ0n) is 9.55. The highest BCUT2D eigenvalue weighted by Crippen LogP contribution is 2.37. The summed E-state index contributed by atoms with van der Waals surface area (Å²) in [5.41, 5.74) is 0.362. The SMILES string of the molecule is COCC(CO)NC1CCCC1(C)C. The van der Waals surface area contributed by atoms with Gasteiger partial charge in [-0.1, -0.05) is 20.3 Å². The highest BCUT2D eigenvalue weighted by Gasteiger charge is 2.35. The van der Waals surface area contributed by atoms with Crippen molar-refractivity contribution < 1.29 is 9.84 Å². The van der Waals surface area contributed by atoms with Gasteiger partial charge in [-0.15, -0.1) is 0 Å². The predicted molar refractivity (Wildman–Crippen MR) is 57.3 cm³/mol. The largest absolute Gasteiger partial charge is 0.395 e. The third kappa shape index (κ3) is 2.94. The lowest BCUT2D eigenvalue weighted by Gasteiger charge is -2.31. The van der Waals surface area contributed by atoms with E-state index in [2.05, 4.69) is 19.2 Å².